The van der Waals surface area contributed by atoms with Gasteiger partial charge in [0.2, 0.25) is 0 Å². The van der Waals surface area contributed by atoms with Crippen LogP contribution in [0, 0.1) is 5.82 Å². The maximum atomic E-state index is 13.8. The summed E-state index contributed by atoms with van der Waals surface area (Å²) >= 11 is 1.14. The summed E-state index contributed by atoms with van der Waals surface area (Å²) in [6, 6.07) is -0.314. The summed E-state index contributed by atoms with van der Waals surface area (Å²) in [5, 5.41) is 8.89. The van der Waals surface area contributed by atoms with E-state index in [9.17, 15) is 9.18 Å². The molecule has 0 heterocycles. The molecule has 0 saturated carbocycles. The van der Waals surface area contributed by atoms with Crippen LogP contribution in [0.3, 0.4) is 0 Å². The van der Waals surface area contributed by atoms with E-state index in [4.69, 9.17) is 20.3 Å². The average molecular weight is 275 g/mol. The molecule has 0 aliphatic rings. The van der Waals surface area contributed by atoms with E-state index in [-0.39, 0.29) is 22.0 Å². The molecule has 0 aliphatic carbocycles. The molecule has 1 atom stereocenters. The minimum Gasteiger partial charge on any atom is -0.492 e. The van der Waals surface area contributed by atoms with Crippen molar-refractivity contribution in [1.29, 1.82) is 0 Å². The minimum atomic E-state index is -1.38. The van der Waals surface area contributed by atoms with Crippen LogP contribution in [0.25, 0.3) is 0 Å². The van der Waals surface area contributed by atoms with E-state index >= 15 is 0 Å². The lowest BCUT2D eigenvalue weighted by Gasteiger charge is -2.18. The lowest BCUT2D eigenvalue weighted by Crippen LogP contribution is -2.22. The molecular weight excluding hydrogens is 261 g/mol. The summed E-state index contributed by atoms with van der Waals surface area (Å²) in [5.41, 5.74) is 5.53. The zero-order chi connectivity index (χ0) is 13.9. The van der Waals surface area contributed by atoms with Gasteiger partial charge in [-0.25, -0.2) is 4.39 Å². The van der Waals surface area contributed by atoms with E-state index in [0.29, 0.717) is 0 Å². The van der Waals surface area contributed by atoms with E-state index in [2.05, 4.69) is 0 Å². The number of benzene rings is 1. The van der Waals surface area contributed by atoms with Crippen LogP contribution in [-0.2, 0) is 4.79 Å². The van der Waals surface area contributed by atoms with Crippen LogP contribution in [-0.4, -0.2) is 31.6 Å². The maximum Gasteiger partial charge on any atom is 0.325 e. The molecule has 0 spiro atoms. The summed E-state index contributed by atoms with van der Waals surface area (Å²) in [6.07, 6.45) is 1.68. The van der Waals surface area contributed by atoms with Gasteiger partial charge in [-0.05, 0) is 12.3 Å². The summed E-state index contributed by atoms with van der Waals surface area (Å²) < 4.78 is 24.0. The fourth-order valence-electron chi connectivity index (χ4n) is 1.56. The van der Waals surface area contributed by atoms with Gasteiger partial charge in [0.05, 0.1) is 19.1 Å². The molecule has 18 heavy (non-hydrogen) atoms. The maximum absolute atomic E-state index is 13.8. The third-order valence-corrected chi connectivity index (χ3v) is 3.18. The fraction of sp³-hybridized carbons (Fsp3) is 0.364. The number of carbonyl (C=O) groups is 1. The van der Waals surface area contributed by atoms with E-state index in [0.717, 1.165) is 17.8 Å². The van der Waals surface area contributed by atoms with Crippen LogP contribution in [0.4, 0.5) is 4.39 Å². The van der Waals surface area contributed by atoms with Gasteiger partial charge in [-0.1, -0.05) is 0 Å². The minimum absolute atomic E-state index is 0.0390. The van der Waals surface area contributed by atoms with Crippen LogP contribution in [0.15, 0.2) is 11.0 Å². The van der Waals surface area contributed by atoms with E-state index < -0.39 is 17.8 Å². The van der Waals surface area contributed by atoms with Crippen LogP contribution in [0.1, 0.15) is 11.6 Å². The lowest BCUT2D eigenvalue weighted by molar-refractivity contribution is -0.138. The molecule has 0 fully saturated rings. The molecule has 1 rings (SSSR count). The highest BCUT2D eigenvalue weighted by Gasteiger charge is 2.26. The number of hydrogen-bond acceptors (Lipinski definition) is 5. The number of carboxylic acid groups (broad SMARTS) is 1. The Morgan fingerprint density at radius 3 is 2.39 bits per heavy atom. The van der Waals surface area contributed by atoms with Gasteiger partial charge in [0.15, 0.2) is 11.5 Å². The van der Waals surface area contributed by atoms with Gasteiger partial charge < -0.3 is 20.3 Å². The summed E-state index contributed by atoms with van der Waals surface area (Å²) in [6.45, 7) is 0. The molecule has 0 aliphatic heterocycles. The van der Waals surface area contributed by atoms with Crippen LogP contribution < -0.4 is 15.2 Å². The summed E-state index contributed by atoms with van der Waals surface area (Å²) in [7, 11) is 2.70. The Balaban J connectivity index is 3.53. The van der Waals surface area contributed by atoms with Gasteiger partial charge >= 0.3 is 5.97 Å². The molecule has 3 N–H and O–H groups in total. The zero-order valence-electron chi connectivity index (χ0n) is 10.2. The van der Waals surface area contributed by atoms with Gasteiger partial charge in [-0.15, -0.1) is 11.8 Å². The molecule has 0 aromatic heterocycles. The molecule has 1 aromatic rings. The molecule has 5 nitrogen and oxygen atoms in total. The summed E-state index contributed by atoms with van der Waals surface area (Å²) in [5.74, 6) is -1.58. The first kappa shape index (κ1) is 14.6. The zero-order valence-corrected chi connectivity index (χ0v) is 11.0. The molecule has 100 valence electrons. The first-order valence-corrected chi connectivity index (χ1v) is 6.17. The number of thioether (sulfide) groups is 1. The topological polar surface area (TPSA) is 81.8 Å². The number of hydrogen-bond donors (Lipinski definition) is 2. The third-order valence-electron chi connectivity index (χ3n) is 2.39. The van der Waals surface area contributed by atoms with Crippen molar-refractivity contribution >= 4 is 17.7 Å². The predicted molar refractivity (Wildman–Crippen MR) is 65.8 cm³/mol. The van der Waals surface area contributed by atoms with Crippen molar-refractivity contribution in [2.24, 2.45) is 5.73 Å². The van der Waals surface area contributed by atoms with Crippen molar-refractivity contribution in [2.75, 3.05) is 20.5 Å². The second-order valence-electron chi connectivity index (χ2n) is 3.36. The number of halogens is 1. The van der Waals surface area contributed by atoms with Crippen molar-refractivity contribution in [3.63, 3.8) is 0 Å². The molecular formula is C11H14FNO4S. The Kier molecular flexibility index (Phi) is 4.80. The molecule has 0 radical (unpaired) electrons. The first-order chi connectivity index (χ1) is 8.47. The highest BCUT2D eigenvalue weighted by Crippen LogP contribution is 2.42. The Labute approximate surface area is 108 Å². The number of nitrogens with two attached hydrogens (primary N) is 1. The van der Waals surface area contributed by atoms with E-state index in [1.54, 1.807) is 6.26 Å². The van der Waals surface area contributed by atoms with Gasteiger partial charge in [0.25, 0.3) is 0 Å². The lowest BCUT2D eigenvalue weighted by atomic mass is 10.1. The first-order valence-electron chi connectivity index (χ1n) is 4.94. The fourth-order valence-corrected chi connectivity index (χ4v) is 2.18. The smallest absolute Gasteiger partial charge is 0.325 e. The van der Waals surface area contributed by atoms with E-state index in [1.165, 1.54) is 14.2 Å². The number of ether oxygens (including phenoxy) is 2. The number of aliphatic carboxylic acids is 1. The largest absolute Gasteiger partial charge is 0.492 e. The van der Waals surface area contributed by atoms with Crippen molar-refractivity contribution in [3.8, 4) is 11.5 Å². The highest BCUT2D eigenvalue weighted by molar-refractivity contribution is 7.98. The Bertz CT molecular complexity index is 467. The van der Waals surface area contributed by atoms with E-state index in [1.807, 2.05) is 0 Å². The molecule has 0 bridgehead atoms. The second kappa shape index (κ2) is 5.92. The quantitative estimate of drug-likeness (QED) is 0.795. The summed E-state index contributed by atoms with van der Waals surface area (Å²) in [4.78, 5) is 11.1. The van der Waals surface area contributed by atoms with Crippen molar-refractivity contribution in [2.45, 2.75) is 10.9 Å². The van der Waals surface area contributed by atoms with Crippen molar-refractivity contribution < 1.29 is 23.8 Å². The average Bonchev–Trinajstić information content (AvgIpc) is 2.35. The standard InChI is InChI=1S/C11H14FNO4S/c1-16-8-5(7(13)11(14)15)4-6(12)10(18-3)9(8)17-2/h4,7H,13H2,1-3H3,(H,14,15). The number of carboxylic acids is 1. The highest BCUT2D eigenvalue weighted by atomic mass is 32.2. The van der Waals surface area contributed by atoms with Crippen LogP contribution >= 0.6 is 11.8 Å². The Morgan fingerprint density at radius 1 is 1.44 bits per heavy atom. The van der Waals surface area contributed by atoms with Gasteiger partial charge in [0, 0.05) is 5.56 Å². The monoisotopic (exact) mass is 275 g/mol. The van der Waals surface area contributed by atoms with Gasteiger partial charge in [0.1, 0.15) is 11.9 Å². The SMILES string of the molecule is COc1c(C(N)C(=O)O)cc(F)c(SC)c1OC. The van der Waals surface area contributed by atoms with Gasteiger partial charge in [-0.3, -0.25) is 4.79 Å². The molecule has 0 saturated heterocycles. The van der Waals surface area contributed by atoms with Crippen LogP contribution in [0.5, 0.6) is 11.5 Å². The normalized spacial score (nSPS) is 12.1. The van der Waals surface area contributed by atoms with Crippen molar-refractivity contribution in [3.05, 3.63) is 17.4 Å². The molecule has 1 unspecified atom stereocenters. The molecule has 1 aromatic carbocycles. The third kappa shape index (κ3) is 2.51. The Hall–Kier alpha value is -1.47. The number of methoxy groups -OCH3 is 2. The van der Waals surface area contributed by atoms with Crippen LogP contribution in [0.2, 0.25) is 0 Å². The molecule has 7 heteroatoms. The Morgan fingerprint density at radius 2 is 2.00 bits per heavy atom. The number of rotatable bonds is 5. The predicted octanol–water partition coefficient (Wildman–Crippen LogP) is 1.65. The van der Waals surface area contributed by atoms with Crippen molar-refractivity contribution in [1.82, 2.24) is 0 Å². The molecule has 0 amide bonds. The van der Waals surface area contributed by atoms with Gasteiger partial charge in [-0.2, -0.15) is 0 Å². The second-order valence-corrected chi connectivity index (χ2v) is 4.18.